The van der Waals surface area contributed by atoms with Crippen LogP contribution in [0, 0.1) is 0 Å². The molecule has 5 rings (SSSR count). The first-order valence-corrected chi connectivity index (χ1v) is 8.56. The Morgan fingerprint density at radius 2 is 1.38 bits per heavy atom. The fraction of sp³-hybridized carbons (Fsp3) is 0. The molecule has 2 heterocycles. The van der Waals surface area contributed by atoms with Crippen LogP contribution in [0.5, 0.6) is 0 Å². The number of anilines is 2. The van der Waals surface area contributed by atoms with Gasteiger partial charge in [0, 0.05) is 22.7 Å². The molecule has 0 radical (unpaired) electrons. The number of furan rings is 1. The number of nitrogens with one attached hydrogen (secondary N) is 1. The van der Waals surface area contributed by atoms with Crippen LogP contribution < -0.4 is 5.32 Å². The predicted octanol–water partition coefficient (Wildman–Crippen LogP) is 6.39. The largest absolute Gasteiger partial charge is 0.454 e. The van der Waals surface area contributed by atoms with Gasteiger partial charge in [0.25, 0.3) is 0 Å². The van der Waals surface area contributed by atoms with E-state index in [4.69, 9.17) is 4.42 Å². The maximum absolute atomic E-state index is 6.05. The minimum Gasteiger partial charge on any atom is -0.454 e. The highest BCUT2D eigenvalue weighted by Crippen LogP contribution is 2.34. The molecule has 0 saturated heterocycles. The second kappa shape index (κ2) is 6.05. The van der Waals surface area contributed by atoms with Crippen LogP contribution in [0.4, 0.5) is 11.4 Å². The summed E-state index contributed by atoms with van der Waals surface area (Å²) in [5.41, 5.74) is 5.97. The molecule has 0 atom stereocenters. The lowest BCUT2D eigenvalue weighted by Gasteiger charge is -2.08. The molecule has 0 aliphatic heterocycles. The van der Waals surface area contributed by atoms with Crippen molar-refractivity contribution < 1.29 is 4.42 Å². The minimum atomic E-state index is 0.827. The van der Waals surface area contributed by atoms with Crippen molar-refractivity contribution in [2.24, 2.45) is 0 Å². The first-order chi connectivity index (χ1) is 12.9. The summed E-state index contributed by atoms with van der Waals surface area (Å²) in [6.07, 6.45) is 3.65. The number of hydrogen-bond acceptors (Lipinski definition) is 3. The van der Waals surface area contributed by atoms with E-state index in [0.29, 0.717) is 0 Å². The summed E-state index contributed by atoms with van der Waals surface area (Å²) in [5, 5.41) is 5.53. The van der Waals surface area contributed by atoms with Crippen molar-refractivity contribution in [3.63, 3.8) is 0 Å². The van der Waals surface area contributed by atoms with Gasteiger partial charge >= 0.3 is 0 Å². The second-order valence-electron chi connectivity index (χ2n) is 6.23. The molecule has 0 fully saturated rings. The molecule has 0 bridgehead atoms. The van der Waals surface area contributed by atoms with E-state index in [9.17, 15) is 0 Å². The Kier molecular flexibility index (Phi) is 3.42. The number of aromatic nitrogens is 1. The Bertz CT molecular complexity index is 1190. The molecule has 124 valence electrons. The lowest BCUT2D eigenvalue weighted by atomic mass is 10.1. The summed E-state index contributed by atoms with van der Waals surface area (Å²) in [6, 6.07) is 26.8. The van der Waals surface area contributed by atoms with Gasteiger partial charge in [-0.2, -0.15) is 0 Å². The third kappa shape index (κ3) is 2.50. The molecule has 3 nitrogen and oxygen atoms in total. The van der Waals surface area contributed by atoms with Crippen LogP contribution in [0.2, 0.25) is 0 Å². The highest BCUT2D eigenvalue weighted by Gasteiger charge is 2.11. The van der Waals surface area contributed by atoms with Crippen molar-refractivity contribution in [2.75, 3.05) is 5.32 Å². The van der Waals surface area contributed by atoms with Gasteiger partial charge in [0.05, 0.1) is 6.20 Å². The van der Waals surface area contributed by atoms with Gasteiger partial charge in [0.1, 0.15) is 11.3 Å². The lowest BCUT2D eigenvalue weighted by molar-refractivity contribution is 0.669. The number of benzene rings is 3. The van der Waals surface area contributed by atoms with Crippen molar-refractivity contribution in [1.82, 2.24) is 4.98 Å². The normalized spacial score (nSPS) is 11.1. The average Bonchev–Trinajstić information content (AvgIpc) is 3.09. The maximum Gasteiger partial charge on any atom is 0.161 e. The van der Waals surface area contributed by atoms with Crippen LogP contribution in [0.15, 0.2) is 95.7 Å². The average molecular weight is 336 g/mol. The van der Waals surface area contributed by atoms with Crippen molar-refractivity contribution in [2.45, 2.75) is 0 Å². The Balaban J connectivity index is 1.51. The topological polar surface area (TPSA) is 38.1 Å². The van der Waals surface area contributed by atoms with Gasteiger partial charge in [-0.25, -0.2) is 0 Å². The van der Waals surface area contributed by atoms with Crippen LogP contribution in [0.25, 0.3) is 33.1 Å². The monoisotopic (exact) mass is 336 g/mol. The van der Waals surface area contributed by atoms with Crippen LogP contribution in [0.1, 0.15) is 0 Å². The summed E-state index contributed by atoms with van der Waals surface area (Å²) in [4.78, 5) is 4.37. The molecule has 3 aromatic carbocycles. The van der Waals surface area contributed by atoms with Gasteiger partial charge in [0.2, 0.25) is 0 Å². The summed E-state index contributed by atoms with van der Waals surface area (Å²) in [6.45, 7) is 0. The van der Waals surface area contributed by atoms with Gasteiger partial charge < -0.3 is 9.73 Å². The van der Waals surface area contributed by atoms with Gasteiger partial charge in [-0.15, -0.1) is 0 Å². The lowest BCUT2D eigenvalue weighted by Crippen LogP contribution is -1.91. The molecular formula is C23H16N2O. The Hall–Kier alpha value is -3.59. The zero-order valence-electron chi connectivity index (χ0n) is 14.0. The highest BCUT2D eigenvalue weighted by atomic mass is 16.3. The molecular weight excluding hydrogens is 320 g/mol. The van der Waals surface area contributed by atoms with E-state index in [1.54, 1.807) is 6.20 Å². The first-order valence-electron chi connectivity index (χ1n) is 8.56. The van der Waals surface area contributed by atoms with Crippen LogP contribution >= 0.6 is 0 Å². The molecule has 26 heavy (non-hydrogen) atoms. The predicted molar refractivity (Wildman–Crippen MR) is 107 cm³/mol. The van der Waals surface area contributed by atoms with E-state index in [1.807, 2.05) is 30.5 Å². The molecule has 2 aromatic heterocycles. The van der Waals surface area contributed by atoms with E-state index in [2.05, 4.69) is 64.9 Å². The van der Waals surface area contributed by atoms with Gasteiger partial charge in [-0.05, 0) is 29.3 Å². The Morgan fingerprint density at radius 3 is 2.23 bits per heavy atom. The number of para-hydroxylation sites is 1. The number of rotatable bonds is 3. The number of nitrogens with zero attached hydrogens (tertiary/aromatic N) is 1. The van der Waals surface area contributed by atoms with E-state index in [0.717, 1.165) is 33.3 Å². The van der Waals surface area contributed by atoms with Crippen molar-refractivity contribution in [3.05, 3.63) is 91.3 Å². The maximum atomic E-state index is 6.05. The molecule has 0 aliphatic rings. The highest BCUT2D eigenvalue weighted by molar-refractivity contribution is 6.08. The number of hydrogen-bond donors (Lipinski definition) is 1. The van der Waals surface area contributed by atoms with Crippen LogP contribution in [0.3, 0.4) is 0 Å². The van der Waals surface area contributed by atoms with Gasteiger partial charge in [-0.1, -0.05) is 60.7 Å². The van der Waals surface area contributed by atoms with Crippen molar-refractivity contribution in [3.8, 4) is 11.1 Å². The van der Waals surface area contributed by atoms with Crippen LogP contribution in [-0.2, 0) is 0 Å². The standard InChI is InChI=1S/C23H16N2O/c1-2-6-16(7-3-1)17-10-12-18(13-11-17)25-21-15-24-14-20-19-8-4-5-9-22(19)26-23(20)21/h1-15,25H. The molecule has 1 N–H and O–H groups in total. The smallest absolute Gasteiger partial charge is 0.161 e. The fourth-order valence-corrected chi connectivity index (χ4v) is 3.26. The third-order valence-electron chi connectivity index (χ3n) is 4.56. The molecule has 0 saturated carbocycles. The molecule has 0 spiro atoms. The summed E-state index contributed by atoms with van der Waals surface area (Å²) >= 11 is 0. The molecule has 5 aromatic rings. The molecule has 0 unspecified atom stereocenters. The Morgan fingerprint density at radius 1 is 0.654 bits per heavy atom. The summed E-state index contributed by atoms with van der Waals surface area (Å²) in [7, 11) is 0. The first kappa shape index (κ1) is 14.7. The van der Waals surface area contributed by atoms with Crippen molar-refractivity contribution >= 4 is 33.3 Å². The molecule has 0 aliphatic carbocycles. The molecule has 3 heteroatoms. The van der Waals surface area contributed by atoms with Gasteiger partial charge in [0.15, 0.2) is 5.58 Å². The number of pyridine rings is 1. The van der Waals surface area contributed by atoms with Gasteiger partial charge in [-0.3, -0.25) is 4.98 Å². The second-order valence-corrected chi connectivity index (χ2v) is 6.23. The third-order valence-corrected chi connectivity index (χ3v) is 4.56. The van der Waals surface area contributed by atoms with E-state index < -0.39 is 0 Å². The van der Waals surface area contributed by atoms with E-state index in [1.165, 1.54) is 11.1 Å². The minimum absolute atomic E-state index is 0.827. The van der Waals surface area contributed by atoms with Crippen molar-refractivity contribution in [1.29, 1.82) is 0 Å². The SMILES string of the molecule is c1ccc(-c2ccc(Nc3cncc4c3oc3ccccc34)cc2)cc1. The summed E-state index contributed by atoms with van der Waals surface area (Å²) < 4.78 is 6.05. The zero-order chi connectivity index (χ0) is 17.3. The molecule has 0 amide bonds. The zero-order valence-corrected chi connectivity index (χ0v) is 14.0. The quantitative estimate of drug-likeness (QED) is 0.415. The Labute approximate surface area is 150 Å². The van der Waals surface area contributed by atoms with E-state index in [-0.39, 0.29) is 0 Å². The fourth-order valence-electron chi connectivity index (χ4n) is 3.26. The summed E-state index contributed by atoms with van der Waals surface area (Å²) in [5.74, 6) is 0. The van der Waals surface area contributed by atoms with E-state index >= 15 is 0 Å². The number of fused-ring (bicyclic) bond motifs is 3. The van der Waals surface area contributed by atoms with Crippen LogP contribution in [-0.4, -0.2) is 4.98 Å².